The number of nitrogens with one attached hydrogen (secondary N) is 1. The van der Waals surface area contributed by atoms with Crippen LogP contribution in [0.15, 0.2) is 24.3 Å². The summed E-state index contributed by atoms with van der Waals surface area (Å²) in [6.07, 6.45) is 1.09. The summed E-state index contributed by atoms with van der Waals surface area (Å²) in [5.74, 6) is -0.928. The van der Waals surface area contributed by atoms with Gasteiger partial charge in [-0.15, -0.1) is 0 Å². The van der Waals surface area contributed by atoms with Gasteiger partial charge >= 0.3 is 5.97 Å². The molecule has 1 fully saturated rings. The first kappa shape index (κ1) is 16.3. The third kappa shape index (κ3) is 2.93. The third-order valence-corrected chi connectivity index (χ3v) is 4.78. The lowest BCUT2D eigenvalue weighted by Crippen LogP contribution is -2.47. The van der Waals surface area contributed by atoms with Crippen LogP contribution in [0.3, 0.4) is 0 Å². The van der Waals surface area contributed by atoms with E-state index in [0.29, 0.717) is 30.7 Å². The number of likely N-dealkylation sites (tertiary alicyclic amines) is 1. The summed E-state index contributed by atoms with van der Waals surface area (Å²) in [7, 11) is 0. The van der Waals surface area contributed by atoms with Crippen molar-refractivity contribution in [2.75, 3.05) is 13.1 Å². The van der Waals surface area contributed by atoms with Gasteiger partial charge in [-0.3, -0.25) is 9.59 Å². The Morgan fingerprint density at radius 3 is 2.83 bits per heavy atom. The maximum absolute atomic E-state index is 12.3. The highest BCUT2D eigenvalue weighted by atomic mass is 16.5. The number of para-hydroxylation sites is 1. The van der Waals surface area contributed by atoms with Crippen LogP contribution in [0.1, 0.15) is 36.5 Å². The zero-order valence-corrected chi connectivity index (χ0v) is 13.4. The lowest BCUT2D eigenvalue weighted by atomic mass is 9.94. The second-order valence-electron chi connectivity index (χ2n) is 6.32. The number of carboxylic acids is 1. The minimum Gasteiger partial charge on any atom is -0.485 e. The number of nitrogens with zero attached hydrogens (tertiary/aromatic N) is 1. The highest BCUT2D eigenvalue weighted by Crippen LogP contribution is 2.33. The number of benzene rings is 1. The largest absolute Gasteiger partial charge is 0.485 e. The van der Waals surface area contributed by atoms with Crippen LogP contribution in [0.4, 0.5) is 0 Å². The molecule has 1 aromatic rings. The molecule has 2 atom stereocenters. The van der Waals surface area contributed by atoms with Crippen molar-refractivity contribution < 1.29 is 24.2 Å². The number of hydrogen-bond donors (Lipinski definition) is 2. The van der Waals surface area contributed by atoms with Gasteiger partial charge in [-0.1, -0.05) is 12.1 Å². The van der Waals surface area contributed by atoms with Crippen molar-refractivity contribution in [3.63, 3.8) is 0 Å². The average molecular weight is 332 g/mol. The number of fused-ring (bicyclic) bond motifs is 1. The van der Waals surface area contributed by atoms with Crippen molar-refractivity contribution in [1.82, 2.24) is 10.2 Å². The van der Waals surface area contributed by atoms with Crippen molar-refractivity contribution in [1.29, 1.82) is 0 Å². The Labute approximate surface area is 139 Å². The monoisotopic (exact) mass is 332 g/mol. The molecule has 0 aromatic heterocycles. The number of amides is 2. The number of hydrogen-bond acceptors (Lipinski definition) is 4. The summed E-state index contributed by atoms with van der Waals surface area (Å²) < 4.78 is 6.16. The van der Waals surface area contributed by atoms with Crippen LogP contribution >= 0.6 is 0 Å². The maximum atomic E-state index is 12.3. The smallest absolute Gasteiger partial charge is 0.326 e. The molecule has 3 rings (SSSR count). The molecule has 2 amide bonds. The molecule has 7 heteroatoms. The standard InChI is InChI=1S/C17H20N2O5/c1-11(16(22)23)19-9-8-17(7-6-14(19)20)10-18-15(21)12-4-2-3-5-13(12)24-17/h2-5,11H,6-10H2,1H3,(H,18,21)(H,22,23)/t11-,17-/m1/s1. The Bertz CT molecular complexity index is 689. The Kier molecular flexibility index (Phi) is 4.17. The van der Waals surface area contributed by atoms with Crippen LogP contribution in [0.25, 0.3) is 0 Å². The van der Waals surface area contributed by atoms with Crippen molar-refractivity contribution in [3.8, 4) is 5.75 Å². The molecule has 1 saturated heterocycles. The fraction of sp³-hybridized carbons (Fsp3) is 0.471. The summed E-state index contributed by atoms with van der Waals surface area (Å²) in [5.41, 5.74) is -0.231. The van der Waals surface area contributed by atoms with E-state index in [0.717, 1.165) is 0 Å². The normalized spacial score (nSPS) is 25.1. The van der Waals surface area contributed by atoms with Gasteiger partial charge in [-0.25, -0.2) is 4.79 Å². The number of rotatable bonds is 2. The fourth-order valence-corrected chi connectivity index (χ4v) is 3.22. The van der Waals surface area contributed by atoms with Gasteiger partial charge < -0.3 is 20.1 Å². The highest BCUT2D eigenvalue weighted by Gasteiger charge is 2.41. The Morgan fingerprint density at radius 1 is 1.33 bits per heavy atom. The van der Waals surface area contributed by atoms with E-state index in [2.05, 4.69) is 5.32 Å². The first-order chi connectivity index (χ1) is 11.4. The average Bonchev–Trinajstić information content (AvgIpc) is 2.81. The van der Waals surface area contributed by atoms with Gasteiger partial charge in [0.15, 0.2) is 0 Å². The molecule has 1 spiro atoms. The van der Waals surface area contributed by atoms with Crippen molar-refractivity contribution in [2.45, 2.75) is 37.8 Å². The van der Waals surface area contributed by atoms with Gasteiger partial charge in [-0.05, 0) is 25.5 Å². The van der Waals surface area contributed by atoms with Gasteiger partial charge in [0, 0.05) is 19.4 Å². The summed E-state index contributed by atoms with van der Waals surface area (Å²) >= 11 is 0. The molecule has 0 aliphatic carbocycles. The number of ether oxygens (including phenoxy) is 1. The van der Waals surface area contributed by atoms with E-state index in [9.17, 15) is 19.5 Å². The fourth-order valence-electron chi connectivity index (χ4n) is 3.22. The van der Waals surface area contributed by atoms with Crippen molar-refractivity contribution >= 4 is 17.8 Å². The molecule has 2 heterocycles. The second-order valence-corrected chi connectivity index (χ2v) is 6.32. The quantitative estimate of drug-likeness (QED) is 0.843. The Morgan fingerprint density at radius 2 is 2.08 bits per heavy atom. The topological polar surface area (TPSA) is 95.9 Å². The van der Waals surface area contributed by atoms with Gasteiger partial charge in [0.1, 0.15) is 17.4 Å². The van der Waals surface area contributed by atoms with E-state index >= 15 is 0 Å². The zero-order valence-electron chi connectivity index (χ0n) is 13.4. The predicted molar refractivity (Wildman–Crippen MR) is 84.8 cm³/mol. The van der Waals surface area contributed by atoms with Crippen LogP contribution < -0.4 is 10.1 Å². The molecule has 0 radical (unpaired) electrons. The molecule has 2 N–H and O–H groups in total. The molecule has 2 aliphatic rings. The van der Waals surface area contributed by atoms with Gasteiger partial charge in [-0.2, -0.15) is 0 Å². The Balaban J connectivity index is 1.86. The number of carbonyl (C=O) groups is 3. The number of aliphatic carboxylic acids is 1. The van der Waals surface area contributed by atoms with Gasteiger partial charge in [0.2, 0.25) is 5.91 Å². The van der Waals surface area contributed by atoms with E-state index in [4.69, 9.17) is 4.74 Å². The minimum absolute atomic E-state index is 0.190. The van der Waals surface area contributed by atoms with Crippen LogP contribution in [0, 0.1) is 0 Å². The summed E-state index contributed by atoms with van der Waals surface area (Å²) in [6, 6.07) is 6.13. The summed E-state index contributed by atoms with van der Waals surface area (Å²) in [4.78, 5) is 37.1. The van der Waals surface area contributed by atoms with Crippen molar-refractivity contribution in [3.05, 3.63) is 29.8 Å². The lowest BCUT2D eigenvalue weighted by Gasteiger charge is -2.32. The van der Waals surface area contributed by atoms with Crippen LogP contribution in [-0.4, -0.2) is 52.5 Å². The van der Waals surface area contributed by atoms with Gasteiger partial charge in [0.25, 0.3) is 5.91 Å². The highest BCUT2D eigenvalue weighted by molar-refractivity contribution is 5.97. The van der Waals surface area contributed by atoms with Crippen LogP contribution in [0.5, 0.6) is 5.75 Å². The van der Waals surface area contributed by atoms with Crippen LogP contribution in [-0.2, 0) is 9.59 Å². The molecule has 1 aromatic carbocycles. The Hall–Kier alpha value is -2.57. The van der Waals surface area contributed by atoms with E-state index < -0.39 is 17.6 Å². The molecular weight excluding hydrogens is 312 g/mol. The minimum atomic E-state index is -1.03. The van der Waals surface area contributed by atoms with Crippen molar-refractivity contribution in [2.24, 2.45) is 0 Å². The molecule has 7 nitrogen and oxygen atoms in total. The lowest BCUT2D eigenvalue weighted by molar-refractivity contribution is -0.149. The number of carboxylic acid groups (broad SMARTS) is 1. The molecule has 2 aliphatic heterocycles. The molecule has 128 valence electrons. The number of carbonyl (C=O) groups excluding carboxylic acids is 2. The summed E-state index contributed by atoms with van der Waals surface area (Å²) in [6.45, 7) is 2.08. The molecular formula is C17H20N2O5. The molecule has 0 saturated carbocycles. The molecule has 0 bridgehead atoms. The van der Waals surface area contributed by atoms with E-state index in [-0.39, 0.29) is 24.8 Å². The zero-order chi connectivity index (χ0) is 17.3. The first-order valence-electron chi connectivity index (χ1n) is 8.00. The molecule has 0 unspecified atom stereocenters. The predicted octanol–water partition coefficient (Wildman–Crippen LogP) is 1.03. The molecule has 24 heavy (non-hydrogen) atoms. The first-order valence-corrected chi connectivity index (χ1v) is 8.00. The van der Waals surface area contributed by atoms with E-state index in [1.54, 1.807) is 24.3 Å². The van der Waals surface area contributed by atoms with Gasteiger partial charge in [0.05, 0.1) is 12.1 Å². The third-order valence-electron chi connectivity index (χ3n) is 4.78. The second kappa shape index (κ2) is 6.14. The SMILES string of the molecule is C[C@H](C(=O)O)N1CC[C@]2(CCC1=O)CNC(=O)c1ccccc1O2. The van der Waals surface area contributed by atoms with E-state index in [1.807, 2.05) is 0 Å². The van der Waals surface area contributed by atoms with Crippen LogP contribution in [0.2, 0.25) is 0 Å². The maximum Gasteiger partial charge on any atom is 0.326 e. The summed E-state index contributed by atoms with van der Waals surface area (Å²) in [5, 5.41) is 12.0. The van der Waals surface area contributed by atoms with E-state index in [1.165, 1.54) is 11.8 Å².